The molecule has 3 aliphatic rings. The Morgan fingerprint density at radius 3 is 2.62 bits per heavy atom. The van der Waals surface area contributed by atoms with Gasteiger partial charge in [0.1, 0.15) is 18.2 Å². The minimum Gasteiger partial charge on any atom is -0.489 e. The Morgan fingerprint density at radius 1 is 1.12 bits per heavy atom. The van der Waals surface area contributed by atoms with E-state index in [2.05, 4.69) is 55.6 Å². The van der Waals surface area contributed by atoms with Crippen molar-refractivity contribution in [1.82, 2.24) is 24.5 Å². The Balaban J connectivity index is 1.16. The summed E-state index contributed by atoms with van der Waals surface area (Å²) in [5.74, 6) is 8.71. The van der Waals surface area contributed by atoms with Crippen molar-refractivity contribution in [3.63, 3.8) is 0 Å². The minimum absolute atomic E-state index is 0.163. The van der Waals surface area contributed by atoms with Crippen molar-refractivity contribution in [3.8, 4) is 34.6 Å². The van der Waals surface area contributed by atoms with Crippen molar-refractivity contribution in [2.75, 3.05) is 38.3 Å². The Hall–Kier alpha value is -4.46. The fraction of sp³-hybridized carbons (Fsp3) is 0.375. The molecule has 7 rings (SSSR count). The number of nitrogens with zero attached hydrogens (tertiary/aromatic N) is 7. The van der Waals surface area contributed by atoms with Gasteiger partial charge in [-0.15, -0.1) is 0 Å². The van der Waals surface area contributed by atoms with Gasteiger partial charge in [0.2, 0.25) is 5.88 Å². The standard InChI is InChI=1S/C32H35N7O3/c1-32(2,40)21-42-27-13-28(31-24(15-33-3)17-36-39(31)20-27)23-8-9-29(34-16-23)37-18-25-12-26(19-37)38(25)11-5-6-22-7-10-30(41-4)35-14-22/h7-10,13-14,16-17,20,25-26,40H,3,11-12,15,18-19,21H2,1-2,4H3. The topological polar surface area (TPSA) is 101 Å². The van der Waals surface area contributed by atoms with E-state index >= 15 is 0 Å². The molecule has 0 amide bonds. The van der Waals surface area contributed by atoms with Gasteiger partial charge in [-0.2, -0.15) is 5.10 Å². The molecule has 2 bridgehead atoms. The molecule has 10 heteroatoms. The van der Waals surface area contributed by atoms with Gasteiger partial charge in [0.05, 0.1) is 43.7 Å². The molecule has 216 valence electrons. The minimum atomic E-state index is -0.953. The first kappa shape index (κ1) is 27.7. The fourth-order valence-corrected chi connectivity index (χ4v) is 5.63. The molecule has 0 spiro atoms. The van der Waals surface area contributed by atoms with Crippen molar-refractivity contribution in [3.05, 3.63) is 66.2 Å². The summed E-state index contributed by atoms with van der Waals surface area (Å²) in [4.78, 5) is 18.0. The Kier molecular flexibility index (Phi) is 7.54. The van der Waals surface area contributed by atoms with E-state index in [0.29, 0.717) is 30.3 Å². The second-order valence-electron chi connectivity index (χ2n) is 11.5. The molecule has 4 aromatic rings. The summed E-state index contributed by atoms with van der Waals surface area (Å²) < 4.78 is 12.8. The van der Waals surface area contributed by atoms with E-state index in [4.69, 9.17) is 14.5 Å². The van der Waals surface area contributed by atoms with Crippen LogP contribution in [0, 0.1) is 11.8 Å². The summed E-state index contributed by atoms with van der Waals surface area (Å²) >= 11 is 0. The molecule has 2 atom stereocenters. The van der Waals surface area contributed by atoms with E-state index in [-0.39, 0.29) is 6.61 Å². The largest absolute Gasteiger partial charge is 0.489 e. The van der Waals surface area contributed by atoms with Crippen molar-refractivity contribution >= 4 is 18.1 Å². The number of hydrogen-bond acceptors (Lipinski definition) is 9. The molecule has 0 saturated carbocycles. The van der Waals surface area contributed by atoms with Gasteiger partial charge in [-0.1, -0.05) is 11.8 Å². The predicted octanol–water partition coefficient (Wildman–Crippen LogP) is 3.46. The summed E-state index contributed by atoms with van der Waals surface area (Å²) in [5, 5.41) is 14.7. The van der Waals surface area contributed by atoms with Gasteiger partial charge in [0, 0.05) is 65.9 Å². The maximum Gasteiger partial charge on any atom is 0.212 e. The van der Waals surface area contributed by atoms with Crippen LogP contribution in [0.5, 0.6) is 11.6 Å². The zero-order valence-corrected chi connectivity index (χ0v) is 24.2. The van der Waals surface area contributed by atoms with Crippen LogP contribution in [0.1, 0.15) is 31.4 Å². The molecule has 10 nitrogen and oxygen atoms in total. The average Bonchev–Trinajstić information content (AvgIpc) is 3.40. The van der Waals surface area contributed by atoms with Crippen LogP contribution in [0.4, 0.5) is 5.82 Å². The first-order chi connectivity index (χ1) is 20.3. The number of fused-ring (bicyclic) bond motifs is 3. The zero-order valence-electron chi connectivity index (χ0n) is 24.2. The van der Waals surface area contributed by atoms with Crippen LogP contribution in [0.25, 0.3) is 16.6 Å². The molecule has 3 fully saturated rings. The summed E-state index contributed by atoms with van der Waals surface area (Å²) in [5.41, 5.74) is 3.75. The molecule has 0 radical (unpaired) electrons. The lowest BCUT2D eigenvalue weighted by molar-refractivity contribution is 0.0125. The molecule has 2 unspecified atom stereocenters. The van der Waals surface area contributed by atoms with E-state index in [9.17, 15) is 5.11 Å². The van der Waals surface area contributed by atoms with Crippen molar-refractivity contribution in [2.24, 2.45) is 4.99 Å². The van der Waals surface area contributed by atoms with E-state index in [0.717, 1.165) is 53.2 Å². The predicted molar refractivity (Wildman–Crippen MR) is 162 cm³/mol. The van der Waals surface area contributed by atoms with Crippen molar-refractivity contribution < 1.29 is 14.6 Å². The highest BCUT2D eigenvalue weighted by atomic mass is 16.5. The highest BCUT2D eigenvalue weighted by Gasteiger charge is 2.44. The number of aliphatic hydroxyl groups is 1. The number of aliphatic imine (C=N–C) groups is 1. The molecular formula is C32H35N7O3. The van der Waals surface area contributed by atoms with Crippen molar-refractivity contribution in [2.45, 2.75) is 44.5 Å². The molecule has 42 heavy (non-hydrogen) atoms. The number of piperazine rings is 1. The highest BCUT2D eigenvalue weighted by molar-refractivity contribution is 5.83. The van der Waals surface area contributed by atoms with E-state index in [1.54, 1.807) is 37.9 Å². The molecule has 0 aromatic carbocycles. The first-order valence-electron chi connectivity index (χ1n) is 14.1. The number of piperidine rings is 1. The molecule has 1 N–H and O–H groups in total. The van der Waals surface area contributed by atoms with Gasteiger partial charge in [0.15, 0.2) is 0 Å². The quantitative estimate of drug-likeness (QED) is 0.243. The third-order valence-corrected chi connectivity index (χ3v) is 7.70. The maximum atomic E-state index is 10.2. The van der Waals surface area contributed by atoms with Crippen LogP contribution >= 0.6 is 0 Å². The molecule has 7 heterocycles. The van der Waals surface area contributed by atoms with Crippen molar-refractivity contribution in [1.29, 1.82) is 0 Å². The first-order valence-corrected chi connectivity index (χ1v) is 14.1. The van der Waals surface area contributed by atoms with Gasteiger partial charge in [-0.25, -0.2) is 14.5 Å². The van der Waals surface area contributed by atoms with Crippen LogP contribution in [0.15, 0.2) is 60.1 Å². The van der Waals surface area contributed by atoms with Gasteiger partial charge in [-0.3, -0.25) is 9.89 Å². The summed E-state index contributed by atoms with van der Waals surface area (Å²) in [7, 11) is 1.61. The summed E-state index contributed by atoms with van der Waals surface area (Å²) in [6.45, 7) is 10.3. The molecule has 3 aliphatic heterocycles. The Bertz CT molecular complexity index is 1620. The molecule has 0 aliphatic carbocycles. The third kappa shape index (κ3) is 5.79. The van der Waals surface area contributed by atoms with Crippen LogP contribution in [0.3, 0.4) is 0 Å². The summed E-state index contributed by atoms with van der Waals surface area (Å²) in [6.07, 6.45) is 8.47. The third-order valence-electron chi connectivity index (χ3n) is 7.70. The molecular weight excluding hydrogens is 530 g/mol. The summed E-state index contributed by atoms with van der Waals surface area (Å²) in [6, 6.07) is 10.9. The van der Waals surface area contributed by atoms with Crippen LogP contribution in [-0.2, 0) is 6.54 Å². The normalized spacial score (nSPS) is 18.2. The lowest BCUT2D eigenvalue weighted by atomic mass is 9.87. The van der Waals surface area contributed by atoms with Gasteiger partial charge >= 0.3 is 0 Å². The number of pyridine rings is 3. The van der Waals surface area contributed by atoms with E-state index in [1.807, 2.05) is 30.6 Å². The lowest BCUT2D eigenvalue weighted by Crippen LogP contribution is -2.68. The number of ether oxygens (including phenoxy) is 2. The van der Waals surface area contributed by atoms with Gasteiger partial charge in [-0.05, 0) is 51.3 Å². The van der Waals surface area contributed by atoms with Gasteiger partial charge < -0.3 is 19.5 Å². The monoisotopic (exact) mass is 565 g/mol. The molecule has 3 saturated heterocycles. The SMILES string of the molecule is C=NCc1cnn2cc(OCC(C)(C)O)cc(-c3ccc(N4CC5CC(C4)N5CC#Cc4ccc(OC)nc4)nc3)c12. The van der Waals surface area contributed by atoms with Crippen LogP contribution in [-0.4, -0.2) is 87.3 Å². The second-order valence-corrected chi connectivity index (χ2v) is 11.5. The number of aromatic nitrogens is 4. The smallest absolute Gasteiger partial charge is 0.212 e. The van der Waals surface area contributed by atoms with E-state index < -0.39 is 5.60 Å². The second kappa shape index (κ2) is 11.4. The maximum absolute atomic E-state index is 10.2. The van der Waals surface area contributed by atoms with Gasteiger partial charge in [0.25, 0.3) is 0 Å². The highest BCUT2D eigenvalue weighted by Crippen LogP contribution is 2.35. The zero-order chi connectivity index (χ0) is 29.3. The van der Waals surface area contributed by atoms with E-state index in [1.165, 1.54) is 6.42 Å². The number of hydrogen-bond donors (Lipinski definition) is 1. The lowest BCUT2D eigenvalue weighted by Gasteiger charge is -2.56. The molecule has 4 aromatic heterocycles. The van der Waals surface area contributed by atoms with Crippen LogP contribution in [0.2, 0.25) is 0 Å². The number of rotatable bonds is 9. The fourth-order valence-electron chi connectivity index (χ4n) is 5.63. The van der Waals surface area contributed by atoms with Crippen LogP contribution < -0.4 is 14.4 Å². The Morgan fingerprint density at radius 2 is 1.95 bits per heavy atom. The Labute approximate surface area is 245 Å². The number of methoxy groups -OCH3 is 1. The average molecular weight is 566 g/mol. The number of anilines is 1.